The Labute approximate surface area is 161 Å². The molecule has 1 atom stereocenters. The highest BCUT2D eigenvalue weighted by Crippen LogP contribution is 2.28. The number of aryl methyl sites for hydroxylation is 1. The van der Waals surface area contributed by atoms with E-state index in [9.17, 15) is 4.79 Å². The Bertz CT molecular complexity index is 769. The van der Waals surface area contributed by atoms with Gasteiger partial charge in [0.2, 0.25) is 0 Å². The molecule has 3 rings (SSSR count). The standard InChI is InChI=1S/C22H28N2O3/c1-16-4-6-18(7-5-16)27-19-10-8-17(9-11-19)26-14-21(25)24-13-12-20(23)22(2,3)15-24/h4-11,20H,12-15,23H2,1-3H3. The molecule has 0 bridgehead atoms. The second-order valence-electron chi connectivity index (χ2n) is 7.87. The van der Waals surface area contributed by atoms with Crippen molar-refractivity contribution >= 4 is 5.91 Å². The van der Waals surface area contributed by atoms with E-state index in [0.29, 0.717) is 18.8 Å². The molecule has 1 fully saturated rings. The maximum atomic E-state index is 12.4. The topological polar surface area (TPSA) is 64.8 Å². The summed E-state index contributed by atoms with van der Waals surface area (Å²) in [4.78, 5) is 14.3. The number of rotatable bonds is 5. The van der Waals surface area contributed by atoms with Gasteiger partial charge in [-0.1, -0.05) is 31.5 Å². The average Bonchev–Trinajstić information content (AvgIpc) is 2.65. The van der Waals surface area contributed by atoms with Crippen LogP contribution in [0, 0.1) is 12.3 Å². The Morgan fingerprint density at radius 1 is 1.07 bits per heavy atom. The zero-order valence-corrected chi connectivity index (χ0v) is 16.3. The second kappa shape index (κ2) is 8.01. The van der Waals surface area contributed by atoms with Gasteiger partial charge in [-0.05, 0) is 55.2 Å². The quantitative estimate of drug-likeness (QED) is 0.873. The van der Waals surface area contributed by atoms with E-state index in [1.54, 1.807) is 0 Å². The molecule has 1 saturated heterocycles. The van der Waals surface area contributed by atoms with Crippen molar-refractivity contribution in [1.29, 1.82) is 0 Å². The van der Waals surface area contributed by atoms with E-state index < -0.39 is 0 Å². The Hall–Kier alpha value is -2.53. The van der Waals surface area contributed by atoms with Gasteiger partial charge in [0.15, 0.2) is 6.61 Å². The summed E-state index contributed by atoms with van der Waals surface area (Å²) in [6.45, 7) is 7.63. The van der Waals surface area contributed by atoms with Gasteiger partial charge >= 0.3 is 0 Å². The van der Waals surface area contributed by atoms with Crippen molar-refractivity contribution in [3.8, 4) is 17.2 Å². The fourth-order valence-corrected chi connectivity index (χ4v) is 3.17. The summed E-state index contributed by atoms with van der Waals surface area (Å²) < 4.78 is 11.5. The summed E-state index contributed by atoms with van der Waals surface area (Å²) in [6.07, 6.45) is 0.823. The lowest BCUT2D eigenvalue weighted by molar-refractivity contribution is -0.136. The fraction of sp³-hybridized carbons (Fsp3) is 0.409. The molecule has 2 aromatic carbocycles. The summed E-state index contributed by atoms with van der Waals surface area (Å²) in [7, 11) is 0. The number of hydrogen-bond acceptors (Lipinski definition) is 4. The molecule has 0 spiro atoms. The number of ether oxygens (including phenoxy) is 2. The van der Waals surface area contributed by atoms with Gasteiger partial charge in [-0.25, -0.2) is 0 Å². The van der Waals surface area contributed by atoms with E-state index >= 15 is 0 Å². The van der Waals surface area contributed by atoms with Crippen molar-refractivity contribution in [2.75, 3.05) is 19.7 Å². The number of benzene rings is 2. The van der Waals surface area contributed by atoms with Crippen LogP contribution in [0.3, 0.4) is 0 Å². The van der Waals surface area contributed by atoms with E-state index in [1.165, 1.54) is 5.56 Å². The lowest BCUT2D eigenvalue weighted by atomic mass is 9.80. The summed E-state index contributed by atoms with van der Waals surface area (Å²) in [5, 5.41) is 0. The largest absolute Gasteiger partial charge is 0.484 e. The molecule has 1 unspecified atom stereocenters. The molecule has 1 heterocycles. The normalized spacial score (nSPS) is 18.8. The summed E-state index contributed by atoms with van der Waals surface area (Å²) >= 11 is 0. The van der Waals surface area contributed by atoms with E-state index in [4.69, 9.17) is 15.2 Å². The van der Waals surface area contributed by atoms with Crippen LogP contribution in [-0.4, -0.2) is 36.5 Å². The van der Waals surface area contributed by atoms with Gasteiger partial charge in [0, 0.05) is 19.1 Å². The molecule has 0 aromatic heterocycles. The molecule has 2 N–H and O–H groups in total. The molecule has 27 heavy (non-hydrogen) atoms. The van der Waals surface area contributed by atoms with Crippen LogP contribution in [-0.2, 0) is 4.79 Å². The summed E-state index contributed by atoms with van der Waals surface area (Å²) in [5.74, 6) is 2.15. The highest BCUT2D eigenvalue weighted by molar-refractivity contribution is 5.78. The maximum Gasteiger partial charge on any atom is 0.260 e. The first-order valence-corrected chi connectivity index (χ1v) is 9.34. The molecule has 1 aliphatic rings. The van der Waals surface area contributed by atoms with E-state index in [0.717, 1.165) is 17.9 Å². The van der Waals surface area contributed by atoms with Crippen LogP contribution < -0.4 is 15.2 Å². The third-order valence-corrected chi connectivity index (χ3v) is 5.11. The van der Waals surface area contributed by atoms with Crippen LogP contribution in [0.25, 0.3) is 0 Å². The fourth-order valence-electron chi connectivity index (χ4n) is 3.17. The highest BCUT2D eigenvalue weighted by Gasteiger charge is 2.35. The number of hydrogen-bond donors (Lipinski definition) is 1. The summed E-state index contributed by atoms with van der Waals surface area (Å²) in [6, 6.07) is 15.3. The number of amides is 1. The molecule has 144 valence electrons. The SMILES string of the molecule is Cc1ccc(Oc2ccc(OCC(=O)N3CCC(N)C(C)(C)C3)cc2)cc1. The van der Waals surface area contributed by atoms with Crippen molar-refractivity contribution in [3.63, 3.8) is 0 Å². The monoisotopic (exact) mass is 368 g/mol. The van der Waals surface area contributed by atoms with Gasteiger partial charge in [-0.2, -0.15) is 0 Å². The van der Waals surface area contributed by atoms with Crippen LogP contribution in [0.1, 0.15) is 25.8 Å². The van der Waals surface area contributed by atoms with Crippen molar-refractivity contribution in [1.82, 2.24) is 4.90 Å². The maximum absolute atomic E-state index is 12.4. The number of nitrogens with zero attached hydrogens (tertiary/aromatic N) is 1. The van der Waals surface area contributed by atoms with Gasteiger partial charge in [0.25, 0.3) is 5.91 Å². The molecule has 1 amide bonds. The molecule has 0 radical (unpaired) electrons. The minimum absolute atomic E-state index is 0.00467. The Morgan fingerprint density at radius 3 is 2.22 bits per heavy atom. The number of piperidine rings is 1. The van der Waals surface area contributed by atoms with E-state index in [2.05, 4.69) is 13.8 Å². The van der Waals surface area contributed by atoms with Gasteiger partial charge in [0.1, 0.15) is 17.2 Å². The zero-order valence-electron chi connectivity index (χ0n) is 16.3. The van der Waals surface area contributed by atoms with Gasteiger partial charge in [0.05, 0.1) is 0 Å². The van der Waals surface area contributed by atoms with Crippen molar-refractivity contribution in [2.24, 2.45) is 11.1 Å². The van der Waals surface area contributed by atoms with Gasteiger partial charge in [-0.15, -0.1) is 0 Å². The average molecular weight is 368 g/mol. The lowest BCUT2D eigenvalue weighted by Gasteiger charge is -2.42. The Kier molecular flexibility index (Phi) is 5.71. The molecular weight excluding hydrogens is 340 g/mol. The Morgan fingerprint density at radius 2 is 1.63 bits per heavy atom. The van der Waals surface area contributed by atoms with E-state index in [1.807, 2.05) is 60.4 Å². The molecule has 0 aliphatic carbocycles. The van der Waals surface area contributed by atoms with Crippen LogP contribution in [0.4, 0.5) is 0 Å². The van der Waals surface area contributed by atoms with Crippen LogP contribution in [0.2, 0.25) is 0 Å². The van der Waals surface area contributed by atoms with Crippen LogP contribution in [0.15, 0.2) is 48.5 Å². The first-order chi connectivity index (χ1) is 12.8. The lowest BCUT2D eigenvalue weighted by Crippen LogP contribution is -2.54. The molecule has 5 nitrogen and oxygen atoms in total. The third kappa shape index (κ3) is 5.01. The molecule has 2 aromatic rings. The summed E-state index contributed by atoms with van der Waals surface area (Å²) in [5.41, 5.74) is 7.26. The molecule has 5 heteroatoms. The molecular formula is C22H28N2O3. The first kappa shape index (κ1) is 19.2. The van der Waals surface area contributed by atoms with Gasteiger partial charge in [-0.3, -0.25) is 4.79 Å². The van der Waals surface area contributed by atoms with Crippen molar-refractivity contribution < 1.29 is 14.3 Å². The third-order valence-electron chi connectivity index (χ3n) is 5.11. The van der Waals surface area contributed by atoms with E-state index in [-0.39, 0.29) is 24.0 Å². The minimum Gasteiger partial charge on any atom is -0.484 e. The first-order valence-electron chi connectivity index (χ1n) is 9.34. The predicted molar refractivity (Wildman–Crippen MR) is 106 cm³/mol. The Balaban J connectivity index is 1.51. The second-order valence-corrected chi connectivity index (χ2v) is 7.87. The zero-order chi connectivity index (χ0) is 19.4. The number of carbonyl (C=O) groups is 1. The number of carbonyl (C=O) groups excluding carboxylic acids is 1. The molecule has 1 aliphatic heterocycles. The number of likely N-dealkylation sites (tertiary alicyclic amines) is 1. The highest BCUT2D eigenvalue weighted by atomic mass is 16.5. The van der Waals surface area contributed by atoms with Crippen molar-refractivity contribution in [2.45, 2.75) is 33.2 Å². The molecule has 0 saturated carbocycles. The van der Waals surface area contributed by atoms with Crippen molar-refractivity contribution in [3.05, 3.63) is 54.1 Å². The number of nitrogens with two attached hydrogens (primary N) is 1. The predicted octanol–water partition coefficient (Wildman–Crippen LogP) is 3.75. The van der Waals surface area contributed by atoms with Gasteiger partial charge < -0.3 is 20.1 Å². The van der Waals surface area contributed by atoms with Crippen LogP contribution in [0.5, 0.6) is 17.2 Å². The van der Waals surface area contributed by atoms with Crippen LogP contribution >= 0.6 is 0 Å². The minimum atomic E-state index is -0.0666. The smallest absolute Gasteiger partial charge is 0.260 e.